The van der Waals surface area contributed by atoms with E-state index in [0.717, 1.165) is 25.9 Å². The molecule has 1 aromatic rings. The third-order valence-corrected chi connectivity index (χ3v) is 5.82. The zero-order valence-corrected chi connectivity index (χ0v) is 13.6. The number of fused-ring (bicyclic) bond motifs is 1. The number of hydrogen-bond acceptors (Lipinski definition) is 5. The fraction of sp³-hybridized carbons (Fsp3) is 0.667. The Morgan fingerprint density at radius 2 is 2.36 bits per heavy atom. The zero-order chi connectivity index (χ0) is 15.6. The molecule has 3 rings (SSSR count). The van der Waals surface area contributed by atoms with Crippen molar-refractivity contribution < 1.29 is 17.9 Å². The molecule has 2 saturated heterocycles. The Morgan fingerprint density at radius 3 is 3.09 bits per heavy atom. The first-order chi connectivity index (χ1) is 10.5. The van der Waals surface area contributed by atoms with Crippen molar-refractivity contribution in [1.82, 2.24) is 9.29 Å². The zero-order valence-electron chi connectivity index (χ0n) is 12.8. The van der Waals surface area contributed by atoms with Crippen LogP contribution in [0.25, 0.3) is 0 Å². The van der Waals surface area contributed by atoms with Crippen LogP contribution in [0.1, 0.15) is 19.3 Å². The Hall–Kier alpha value is -1.18. The second kappa shape index (κ2) is 6.14. The fourth-order valence-corrected chi connectivity index (χ4v) is 4.32. The molecule has 0 aliphatic carbocycles. The highest BCUT2D eigenvalue weighted by Gasteiger charge is 2.48. The third-order valence-electron chi connectivity index (χ3n) is 4.57. The lowest BCUT2D eigenvalue weighted by Gasteiger charge is -2.49. The highest BCUT2D eigenvalue weighted by Crippen LogP contribution is 2.41. The summed E-state index contributed by atoms with van der Waals surface area (Å²) < 4.78 is 37.1. The van der Waals surface area contributed by atoms with Gasteiger partial charge in [0.2, 0.25) is 15.9 Å². The maximum atomic E-state index is 11.9. The lowest BCUT2D eigenvalue weighted by Crippen LogP contribution is -2.58. The highest BCUT2D eigenvalue weighted by atomic mass is 32.2. The van der Waals surface area contributed by atoms with Crippen molar-refractivity contribution in [2.45, 2.75) is 25.4 Å². The van der Waals surface area contributed by atoms with Crippen LogP contribution in [0, 0.1) is 5.41 Å². The maximum absolute atomic E-state index is 11.9. The quantitative estimate of drug-likeness (QED) is 0.834. The Kier molecular flexibility index (Phi) is 4.38. The summed E-state index contributed by atoms with van der Waals surface area (Å²) in [5.41, 5.74) is -0.281. The van der Waals surface area contributed by atoms with Crippen molar-refractivity contribution in [3.8, 4) is 5.88 Å². The van der Waals surface area contributed by atoms with Gasteiger partial charge in [0.25, 0.3) is 0 Å². The van der Waals surface area contributed by atoms with E-state index in [4.69, 9.17) is 9.47 Å². The molecule has 0 radical (unpaired) electrons. The molecule has 0 unspecified atom stereocenters. The van der Waals surface area contributed by atoms with Crippen LogP contribution in [0.5, 0.6) is 5.88 Å². The van der Waals surface area contributed by atoms with E-state index >= 15 is 0 Å². The van der Waals surface area contributed by atoms with Crippen molar-refractivity contribution in [1.29, 1.82) is 0 Å². The van der Waals surface area contributed by atoms with E-state index in [-0.39, 0.29) is 11.5 Å². The summed E-state index contributed by atoms with van der Waals surface area (Å²) >= 11 is 0. The summed E-state index contributed by atoms with van der Waals surface area (Å²) in [6, 6.07) is 5.52. The number of aromatic nitrogens is 1. The molecule has 2 atom stereocenters. The van der Waals surface area contributed by atoms with Gasteiger partial charge in [0, 0.05) is 37.4 Å². The second-order valence-corrected chi connectivity index (χ2v) is 8.15. The molecule has 0 bridgehead atoms. The van der Waals surface area contributed by atoms with Crippen LogP contribution in [0.3, 0.4) is 0 Å². The van der Waals surface area contributed by atoms with Gasteiger partial charge in [-0.3, -0.25) is 0 Å². The van der Waals surface area contributed by atoms with Gasteiger partial charge in [0.05, 0.1) is 19.0 Å². The molecule has 0 amide bonds. The standard InChI is InChI=1S/C15H22N2O4S/c1-22(18,19)17-9-6-13-15(11-17,7-4-10-20-13)12-21-14-5-2-3-8-16-14/h2-3,5,8,13H,4,6-7,9-12H2,1H3/t13-,15-/m0/s1. The number of sulfonamides is 1. The minimum absolute atomic E-state index is 0.0583. The Morgan fingerprint density at radius 1 is 1.50 bits per heavy atom. The molecule has 0 saturated carbocycles. The number of nitrogens with zero attached hydrogens (tertiary/aromatic N) is 2. The van der Waals surface area contributed by atoms with Crippen molar-refractivity contribution in [3.63, 3.8) is 0 Å². The average Bonchev–Trinajstić information content (AvgIpc) is 2.52. The van der Waals surface area contributed by atoms with E-state index < -0.39 is 10.0 Å². The molecular formula is C15H22N2O4S. The molecular weight excluding hydrogens is 304 g/mol. The van der Waals surface area contributed by atoms with E-state index in [1.54, 1.807) is 10.5 Å². The second-order valence-electron chi connectivity index (χ2n) is 6.17. The van der Waals surface area contributed by atoms with Crippen molar-refractivity contribution in [3.05, 3.63) is 24.4 Å². The molecule has 6 nitrogen and oxygen atoms in total. The van der Waals surface area contributed by atoms with Crippen LogP contribution in [0.4, 0.5) is 0 Å². The van der Waals surface area contributed by atoms with Gasteiger partial charge in [-0.05, 0) is 25.3 Å². The number of pyridine rings is 1. The summed E-state index contributed by atoms with van der Waals surface area (Å²) in [5, 5.41) is 0. The van der Waals surface area contributed by atoms with E-state index in [9.17, 15) is 8.42 Å². The van der Waals surface area contributed by atoms with Crippen LogP contribution >= 0.6 is 0 Å². The third kappa shape index (κ3) is 3.26. The Balaban J connectivity index is 1.78. The summed E-state index contributed by atoms with van der Waals surface area (Å²) in [4.78, 5) is 4.17. The fourth-order valence-electron chi connectivity index (χ4n) is 3.39. The van der Waals surface area contributed by atoms with Crippen molar-refractivity contribution in [2.24, 2.45) is 5.41 Å². The van der Waals surface area contributed by atoms with E-state index in [1.807, 2.05) is 18.2 Å². The SMILES string of the molecule is CS(=O)(=O)N1CC[C@@H]2OCCC[C@@]2(COc2ccccn2)C1. The molecule has 0 N–H and O–H groups in total. The predicted molar refractivity (Wildman–Crippen MR) is 82.2 cm³/mol. The van der Waals surface area contributed by atoms with Crippen LogP contribution in [0.2, 0.25) is 0 Å². The summed E-state index contributed by atoms with van der Waals surface area (Å²) in [6.45, 7) is 2.16. The predicted octanol–water partition coefficient (Wildman–Crippen LogP) is 1.29. The molecule has 3 heterocycles. The smallest absolute Gasteiger partial charge is 0.213 e. The molecule has 122 valence electrons. The topological polar surface area (TPSA) is 68.7 Å². The maximum Gasteiger partial charge on any atom is 0.213 e. The minimum atomic E-state index is -3.19. The first kappa shape index (κ1) is 15.7. The number of rotatable bonds is 4. The molecule has 22 heavy (non-hydrogen) atoms. The first-order valence-corrected chi connectivity index (χ1v) is 9.45. The van der Waals surface area contributed by atoms with Crippen molar-refractivity contribution in [2.75, 3.05) is 32.6 Å². The van der Waals surface area contributed by atoms with Gasteiger partial charge >= 0.3 is 0 Å². The van der Waals surface area contributed by atoms with Crippen LogP contribution in [-0.4, -0.2) is 56.4 Å². The summed E-state index contributed by atoms with van der Waals surface area (Å²) in [7, 11) is -3.19. The largest absolute Gasteiger partial charge is 0.477 e. The van der Waals surface area contributed by atoms with E-state index in [1.165, 1.54) is 6.26 Å². The lowest BCUT2D eigenvalue weighted by molar-refractivity contribution is -0.128. The lowest BCUT2D eigenvalue weighted by atomic mass is 9.73. The van der Waals surface area contributed by atoms with Crippen LogP contribution in [-0.2, 0) is 14.8 Å². The van der Waals surface area contributed by atoms with Gasteiger partial charge < -0.3 is 9.47 Å². The summed E-state index contributed by atoms with van der Waals surface area (Å²) in [5.74, 6) is 0.567. The molecule has 2 fully saturated rings. The van der Waals surface area contributed by atoms with Gasteiger partial charge in [0.1, 0.15) is 0 Å². The van der Waals surface area contributed by atoms with Gasteiger partial charge in [-0.2, -0.15) is 0 Å². The molecule has 2 aliphatic heterocycles. The molecule has 7 heteroatoms. The average molecular weight is 326 g/mol. The molecule has 1 aromatic heterocycles. The van der Waals surface area contributed by atoms with Gasteiger partial charge in [-0.15, -0.1) is 0 Å². The number of ether oxygens (including phenoxy) is 2. The minimum Gasteiger partial charge on any atom is -0.477 e. The highest BCUT2D eigenvalue weighted by molar-refractivity contribution is 7.88. The molecule has 0 spiro atoms. The molecule has 0 aromatic carbocycles. The summed E-state index contributed by atoms with van der Waals surface area (Å²) in [6.07, 6.45) is 5.58. The Bertz CT molecular complexity index is 607. The van der Waals surface area contributed by atoms with Crippen molar-refractivity contribution >= 4 is 10.0 Å². The number of hydrogen-bond donors (Lipinski definition) is 0. The Labute approximate surface area is 131 Å². The first-order valence-electron chi connectivity index (χ1n) is 7.60. The van der Waals surface area contributed by atoms with Gasteiger partial charge in [-0.25, -0.2) is 17.7 Å². The van der Waals surface area contributed by atoms with Gasteiger partial charge in [-0.1, -0.05) is 6.07 Å². The van der Waals surface area contributed by atoms with Crippen LogP contribution < -0.4 is 4.74 Å². The van der Waals surface area contributed by atoms with E-state index in [2.05, 4.69) is 4.98 Å². The van der Waals surface area contributed by atoms with E-state index in [0.29, 0.717) is 25.6 Å². The van der Waals surface area contributed by atoms with Gasteiger partial charge in [0.15, 0.2) is 0 Å². The number of piperidine rings is 1. The molecule has 2 aliphatic rings. The monoisotopic (exact) mass is 326 g/mol. The van der Waals surface area contributed by atoms with Crippen LogP contribution in [0.15, 0.2) is 24.4 Å². The normalized spacial score (nSPS) is 29.8.